The second-order valence-electron chi connectivity index (χ2n) is 7.09. The number of halogens is 1. The number of rotatable bonds is 4. The van der Waals surface area contributed by atoms with Gasteiger partial charge in [0.25, 0.3) is 10.0 Å². The summed E-state index contributed by atoms with van der Waals surface area (Å²) in [5.41, 5.74) is 1.71. The predicted molar refractivity (Wildman–Crippen MR) is 107 cm³/mol. The molecule has 0 spiro atoms. The quantitative estimate of drug-likeness (QED) is 0.551. The Bertz CT molecular complexity index is 1130. The molecule has 1 aromatic carbocycles. The fourth-order valence-corrected chi connectivity index (χ4v) is 4.14. The van der Waals surface area contributed by atoms with Gasteiger partial charge in [0, 0.05) is 0 Å². The summed E-state index contributed by atoms with van der Waals surface area (Å²) in [5, 5.41) is 9.15. The van der Waals surface area contributed by atoms with Gasteiger partial charge in [0.15, 0.2) is 0 Å². The third kappa shape index (κ3) is 3.84. The Morgan fingerprint density at radius 1 is 1.15 bits per heavy atom. The van der Waals surface area contributed by atoms with Gasteiger partial charge in [0.05, 0.1) is 14.9 Å². The lowest BCUT2D eigenvalue weighted by Crippen LogP contribution is -2.15. The van der Waals surface area contributed by atoms with E-state index in [1.54, 1.807) is 30.3 Å². The van der Waals surface area contributed by atoms with Gasteiger partial charge in [-0.3, -0.25) is 4.72 Å². The molecule has 7 nitrogen and oxygen atoms in total. The summed E-state index contributed by atoms with van der Waals surface area (Å²) in [7, 11) is -3.82. The number of anilines is 1. The van der Waals surface area contributed by atoms with Crippen LogP contribution in [0.1, 0.15) is 36.8 Å². The molecule has 0 aliphatic carbocycles. The second-order valence-corrected chi connectivity index (χ2v) is 9.57. The lowest BCUT2D eigenvalue weighted by atomic mass is 9.87. The molecule has 0 saturated carbocycles. The van der Waals surface area contributed by atoms with Crippen LogP contribution in [0.3, 0.4) is 0 Å². The van der Waals surface area contributed by atoms with Crippen LogP contribution >= 0.6 is 15.9 Å². The fraction of sp³-hybridized carbons (Fsp3) is 0.222. The number of H-pyrrole nitrogens is 1. The highest BCUT2D eigenvalue weighted by Crippen LogP contribution is 2.28. The second kappa shape index (κ2) is 6.65. The number of aromatic nitrogens is 2. The molecular weight excluding hydrogens is 434 g/mol. The average molecular weight is 452 g/mol. The minimum absolute atomic E-state index is 0.0460. The van der Waals surface area contributed by atoms with E-state index in [1.807, 2.05) is 20.8 Å². The van der Waals surface area contributed by atoms with Crippen molar-refractivity contribution >= 4 is 48.8 Å². The zero-order chi connectivity index (χ0) is 20.0. The van der Waals surface area contributed by atoms with E-state index in [9.17, 15) is 13.2 Å². The van der Waals surface area contributed by atoms with Crippen LogP contribution in [0.4, 0.5) is 5.82 Å². The molecule has 0 atom stereocenters. The SMILES string of the molecule is CC(C)(C)c1ccc(S(=O)(=O)Nc2ccc3[nH]c(C(=O)O)c(Br)c3n2)cc1. The Morgan fingerprint density at radius 2 is 1.78 bits per heavy atom. The Hall–Kier alpha value is -2.39. The van der Waals surface area contributed by atoms with Crippen LogP contribution in [0.15, 0.2) is 45.8 Å². The third-order valence-electron chi connectivity index (χ3n) is 4.07. The monoisotopic (exact) mass is 451 g/mol. The van der Waals surface area contributed by atoms with Crippen LogP contribution < -0.4 is 4.72 Å². The number of nitrogens with one attached hydrogen (secondary N) is 2. The number of fused-ring (bicyclic) bond motifs is 1. The van der Waals surface area contributed by atoms with Gasteiger partial charge in [-0.2, -0.15) is 0 Å². The van der Waals surface area contributed by atoms with Crippen molar-refractivity contribution < 1.29 is 18.3 Å². The van der Waals surface area contributed by atoms with Crippen molar-refractivity contribution in [3.05, 3.63) is 52.1 Å². The maximum Gasteiger partial charge on any atom is 0.353 e. The summed E-state index contributed by atoms with van der Waals surface area (Å²) in [6.07, 6.45) is 0. The molecular formula is C18H18BrN3O4S. The first-order chi connectivity index (χ1) is 12.5. The summed E-state index contributed by atoms with van der Waals surface area (Å²) in [6.45, 7) is 6.15. The van der Waals surface area contributed by atoms with E-state index >= 15 is 0 Å². The minimum atomic E-state index is -3.82. The Labute approximate surface area is 165 Å². The van der Waals surface area contributed by atoms with Crippen molar-refractivity contribution in [2.45, 2.75) is 31.1 Å². The lowest BCUT2D eigenvalue weighted by Gasteiger charge is -2.19. The molecule has 2 heterocycles. The Kier molecular flexibility index (Phi) is 4.77. The molecule has 0 radical (unpaired) electrons. The van der Waals surface area contributed by atoms with Gasteiger partial charge in [-0.1, -0.05) is 32.9 Å². The van der Waals surface area contributed by atoms with Gasteiger partial charge in [-0.15, -0.1) is 0 Å². The van der Waals surface area contributed by atoms with Crippen LogP contribution in [0.2, 0.25) is 0 Å². The highest BCUT2D eigenvalue weighted by molar-refractivity contribution is 9.10. The van der Waals surface area contributed by atoms with Crippen LogP contribution in [0.25, 0.3) is 11.0 Å². The zero-order valence-electron chi connectivity index (χ0n) is 14.9. The number of carboxylic acid groups (broad SMARTS) is 1. The molecule has 3 rings (SSSR count). The Morgan fingerprint density at radius 3 is 2.33 bits per heavy atom. The number of aromatic carboxylic acids is 1. The molecule has 9 heteroatoms. The van der Waals surface area contributed by atoms with Gasteiger partial charge in [-0.05, 0) is 51.2 Å². The van der Waals surface area contributed by atoms with E-state index in [-0.39, 0.29) is 26.3 Å². The third-order valence-corrected chi connectivity index (χ3v) is 6.21. The number of benzene rings is 1. The van der Waals surface area contributed by atoms with Crippen LogP contribution in [0.5, 0.6) is 0 Å². The fourth-order valence-electron chi connectivity index (χ4n) is 2.57. The number of hydrogen-bond donors (Lipinski definition) is 3. The molecule has 0 amide bonds. The molecule has 2 aromatic heterocycles. The molecule has 0 fully saturated rings. The standard InChI is InChI=1S/C18H18BrN3O4S/c1-18(2,3)10-4-6-11(7-5-10)27(25,26)22-13-9-8-12-15(21-13)14(19)16(20-12)17(23)24/h4-9,20H,1-3H3,(H,21,22)(H,23,24). The van der Waals surface area contributed by atoms with Gasteiger partial charge in [-0.25, -0.2) is 18.2 Å². The lowest BCUT2D eigenvalue weighted by molar-refractivity contribution is 0.0690. The summed E-state index contributed by atoms with van der Waals surface area (Å²) in [4.78, 5) is 18.2. The van der Waals surface area contributed by atoms with E-state index < -0.39 is 16.0 Å². The molecule has 0 aliphatic heterocycles. The van der Waals surface area contributed by atoms with Gasteiger partial charge >= 0.3 is 5.97 Å². The van der Waals surface area contributed by atoms with Crippen LogP contribution in [-0.4, -0.2) is 29.5 Å². The summed E-state index contributed by atoms with van der Waals surface area (Å²) < 4.78 is 28.0. The van der Waals surface area contributed by atoms with E-state index in [0.717, 1.165) is 5.56 Å². The Balaban J connectivity index is 1.93. The van der Waals surface area contributed by atoms with E-state index in [4.69, 9.17) is 5.11 Å². The van der Waals surface area contributed by atoms with E-state index in [2.05, 4.69) is 30.6 Å². The number of carboxylic acids is 1. The van der Waals surface area contributed by atoms with Gasteiger partial charge in [0.1, 0.15) is 17.0 Å². The summed E-state index contributed by atoms with van der Waals surface area (Å²) in [5.74, 6) is -1.04. The first-order valence-corrected chi connectivity index (χ1v) is 10.3. The molecule has 142 valence electrons. The predicted octanol–water partition coefficient (Wildman–Crippen LogP) is 4.12. The van der Waals surface area contributed by atoms with Crippen molar-refractivity contribution in [1.82, 2.24) is 9.97 Å². The molecule has 0 aliphatic rings. The largest absolute Gasteiger partial charge is 0.477 e. The van der Waals surface area contributed by atoms with Crippen molar-refractivity contribution in [3.63, 3.8) is 0 Å². The smallest absolute Gasteiger partial charge is 0.353 e. The maximum atomic E-state index is 12.6. The normalized spacial score (nSPS) is 12.3. The minimum Gasteiger partial charge on any atom is -0.477 e. The number of sulfonamides is 1. The number of aromatic amines is 1. The molecule has 0 unspecified atom stereocenters. The summed E-state index contributed by atoms with van der Waals surface area (Å²) in [6, 6.07) is 9.71. The molecule has 0 bridgehead atoms. The molecule has 3 N–H and O–H groups in total. The first kappa shape index (κ1) is 19.4. The molecule has 0 saturated heterocycles. The number of pyridine rings is 1. The number of nitrogens with zero attached hydrogens (tertiary/aromatic N) is 1. The zero-order valence-corrected chi connectivity index (χ0v) is 17.3. The van der Waals surface area contributed by atoms with Crippen molar-refractivity contribution in [1.29, 1.82) is 0 Å². The highest BCUT2D eigenvalue weighted by Gasteiger charge is 2.20. The van der Waals surface area contributed by atoms with E-state index in [1.165, 1.54) is 6.07 Å². The van der Waals surface area contributed by atoms with E-state index in [0.29, 0.717) is 11.0 Å². The number of carbonyl (C=O) groups is 1. The van der Waals surface area contributed by atoms with Crippen LogP contribution in [0, 0.1) is 0 Å². The number of hydrogen-bond acceptors (Lipinski definition) is 4. The highest BCUT2D eigenvalue weighted by atomic mass is 79.9. The van der Waals surface area contributed by atoms with Crippen molar-refractivity contribution in [3.8, 4) is 0 Å². The first-order valence-electron chi connectivity index (χ1n) is 8.04. The average Bonchev–Trinajstić information content (AvgIpc) is 2.91. The molecule has 3 aromatic rings. The van der Waals surface area contributed by atoms with Crippen molar-refractivity contribution in [2.75, 3.05) is 4.72 Å². The molecule has 27 heavy (non-hydrogen) atoms. The summed E-state index contributed by atoms with van der Waals surface area (Å²) >= 11 is 3.19. The van der Waals surface area contributed by atoms with Crippen molar-refractivity contribution in [2.24, 2.45) is 0 Å². The van der Waals surface area contributed by atoms with Crippen LogP contribution in [-0.2, 0) is 15.4 Å². The van der Waals surface area contributed by atoms with Gasteiger partial charge in [0.2, 0.25) is 0 Å². The maximum absolute atomic E-state index is 12.6. The van der Waals surface area contributed by atoms with Gasteiger partial charge < -0.3 is 10.1 Å². The topological polar surface area (TPSA) is 112 Å².